The maximum atomic E-state index is 14.4. The van der Waals surface area contributed by atoms with Crippen LogP contribution < -0.4 is 10.1 Å². The molecule has 25 heavy (non-hydrogen) atoms. The Morgan fingerprint density at radius 1 is 1.40 bits per heavy atom. The fourth-order valence-electron chi connectivity index (χ4n) is 3.87. The molecule has 0 spiro atoms. The molecule has 3 rings (SSSR count). The number of carboxylic acid groups (broad SMARTS) is 1. The van der Waals surface area contributed by atoms with Crippen LogP contribution in [0.4, 0.5) is 8.78 Å². The molecule has 2 saturated heterocycles. The Labute approximate surface area is 143 Å². The van der Waals surface area contributed by atoms with Crippen LogP contribution in [0.5, 0.6) is 5.75 Å². The van der Waals surface area contributed by atoms with E-state index in [2.05, 4.69) is 10.1 Å². The summed E-state index contributed by atoms with van der Waals surface area (Å²) in [7, 11) is 1.12. The van der Waals surface area contributed by atoms with Crippen molar-refractivity contribution >= 4 is 11.9 Å². The van der Waals surface area contributed by atoms with Crippen molar-refractivity contribution in [2.75, 3.05) is 26.7 Å². The van der Waals surface area contributed by atoms with Crippen LogP contribution in [0.25, 0.3) is 0 Å². The minimum absolute atomic E-state index is 0.00202. The minimum atomic E-state index is -1.08. The molecule has 2 aliphatic heterocycles. The number of halogens is 2. The third kappa shape index (κ3) is 2.84. The lowest BCUT2D eigenvalue weighted by Gasteiger charge is -2.48. The number of carbonyl (C=O) groups is 2. The molecule has 1 aromatic carbocycles. The summed E-state index contributed by atoms with van der Waals surface area (Å²) in [6.07, 6.45) is 1.63. The molecule has 2 aliphatic rings. The fraction of sp³-hybridized carbons (Fsp3) is 0.529. The van der Waals surface area contributed by atoms with E-state index in [0.717, 1.165) is 25.8 Å². The number of hydrogen-bond acceptors (Lipinski definition) is 4. The van der Waals surface area contributed by atoms with Crippen LogP contribution in [0, 0.1) is 17.0 Å². The summed E-state index contributed by atoms with van der Waals surface area (Å²) in [5, 5.41) is 13.0. The van der Waals surface area contributed by atoms with Crippen molar-refractivity contribution in [2.45, 2.75) is 25.3 Å². The normalized spacial score (nSPS) is 26.0. The molecule has 1 aromatic rings. The third-order valence-electron chi connectivity index (χ3n) is 5.21. The number of carbonyl (C=O) groups excluding carboxylic acids is 1. The van der Waals surface area contributed by atoms with Crippen molar-refractivity contribution in [3.05, 3.63) is 29.3 Å². The molecule has 0 radical (unpaired) electrons. The van der Waals surface area contributed by atoms with E-state index in [1.54, 1.807) is 0 Å². The summed E-state index contributed by atoms with van der Waals surface area (Å²) in [4.78, 5) is 26.0. The van der Waals surface area contributed by atoms with Gasteiger partial charge < -0.3 is 20.1 Å². The van der Waals surface area contributed by atoms with E-state index < -0.39 is 34.7 Å². The number of aliphatic carboxylic acids is 1. The predicted molar refractivity (Wildman–Crippen MR) is 84.5 cm³/mol. The van der Waals surface area contributed by atoms with E-state index in [1.807, 2.05) is 0 Å². The number of nitrogens with one attached hydrogen (secondary N) is 1. The molecule has 136 valence electrons. The van der Waals surface area contributed by atoms with Gasteiger partial charge in [-0.15, -0.1) is 0 Å². The second kappa shape index (κ2) is 6.59. The maximum absolute atomic E-state index is 14.4. The van der Waals surface area contributed by atoms with Gasteiger partial charge in [0.2, 0.25) is 0 Å². The molecule has 8 heteroatoms. The molecular weight excluding hydrogens is 334 g/mol. The molecule has 0 aliphatic carbocycles. The van der Waals surface area contributed by atoms with Gasteiger partial charge in [0, 0.05) is 19.1 Å². The molecule has 2 fully saturated rings. The summed E-state index contributed by atoms with van der Waals surface area (Å²) in [6, 6.07) is 1.82. The summed E-state index contributed by atoms with van der Waals surface area (Å²) >= 11 is 0. The van der Waals surface area contributed by atoms with E-state index in [9.17, 15) is 23.5 Å². The number of amides is 1. The highest BCUT2D eigenvalue weighted by molar-refractivity contribution is 5.95. The number of rotatable bonds is 3. The van der Waals surface area contributed by atoms with E-state index in [0.29, 0.717) is 25.8 Å². The Hall–Kier alpha value is -2.22. The van der Waals surface area contributed by atoms with E-state index in [-0.39, 0.29) is 18.2 Å². The van der Waals surface area contributed by atoms with E-state index in [1.165, 1.54) is 4.90 Å². The Balaban J connectivity index is 1.90. The van der Waals surface area contributed by atoms with Crippen LogP contribution in [-0.2, 0) is 4.79 Å². The number of nitrogens with zero attached hydrogens (tertiary/aromatic N) is 1. The van der Waals surface area contributed by atoms with Crippen LogP contribution in [-0.4, -0.2) is 54.7 Å². The van der Waals surface area contributed by atoms with Gasteiger partial charge in [0.15, 0.2) is 17.4 Å². The van der Waals surface area contributed by atoms with Gasteiger partial charge >= 0.3 is 5.97 Å². The highest BCUT2D eigenvalue weighted by Gasteiger charge is 2.51. The molecule has 0 unspecified atom stereocenters. The topological polar surface area (TPSA) is 78.9 Å². The molecule has 6 nitrogen and oxygen atoms in total. The molecule has 2 heterocycles. The number of fused-ring (bicyclic) bond motifs is 1. The number of hydrogen-bond donors (Lipinski definition) is 2. The molecule has 2 N–H and O–H groups in total. The molecule has 1 amide bonds. The number of methoxy groups -OCH3 is 1. The van der Waals surface area contributed by atoms with Crippen LogP contribution >= 0.6 is 0 Å². The van der Waals surface area contributed by atoms with Crippen molar-refractivity contribution in [1.29, 1.82) is 0 Å². The first kappa shape index (κ1) is 17.6. The van der Waals surface area contributed by atoms with Crippen LogP contribution in [0.2, 0.25) is 0 Å². The average molecular weight is 354 g/mol. The van der Waals surface area contributed by atoms with Gasteiger partial charge in [0.25, 0.3) is 5.91 Å². The van der Waals surface area contributed by atoms with Gasteiger partial charge in [-0.1, -0.05) is 0 Å². The second-order valence-corrected chi connectivity index (χ2v) is 6.53. The van der Waals surface area contributed by atoms with Gasteiger partial charge in [-0.3, -0.25) is 9.59 Å². The van der Waals surface area contributed by atoms with Crippen LogP contribution in [0.3, 0.4) is 0 Å². The van der Waals surface area contributed by atoms with Gasteiger partial charge in [0.05, 0.1) is 12.7 Å². The quantitative estimate of drug-likeness (QED) is 0.863. The molecule has 0 saturated carbocycles. The summed E-state index contributed by atoms with van der Waals surface area (Å²) < 4.78 is 32.6. The molecule has 0 bridgehead atoms. The summed E-state index contributed by atoms with van der Waals surface area (Å²) in [5.41, 5.74) is -1.40. The number of carboxylic acids is 1. The number of benzene rings is 1. The first-order chi connectivity index (χ1) is 11.9. The average Bonchev–Trinajstić information content (AvgIpc) is 2.61. The zero-order valence-electron chi connectivity index (χ0n) is 13.8. The van der Waals surface area contributed by atoms with Crippen molar-refractivity contribution in [1.82, 2.24) is 10.2 Å². The van der Waals surface area contributed by atoms with Crippen molar-refractivity contribution in [2.24, 2.45) is 5.41 Å². The van der Waals surface area contributed by atoms with Gasteiger partial charge in [-0.25, -0.2) is 8.78 Å². The van der Waals surface area contributed by atoms with E-state index >= 15 is 0 Å². The minimum Gasteiger partial charge on any atom is -0.491 e. The fourth-order valence-corrected chi connectivity index (χ4v) is 3.87. The molecular formula is C17H20F2N2O4. The lowest BCUT2D eigenvalue weighted by atomic mass is 9.70. The first-order valence-electron chi connectivity index (χ1n) is 8.19. The van der Waals surface area contributed by atoms with Gasteiger partial charge in [-0.2, -0.15) is 0 Å². The van der Waals surface area contributed by atoms with Gasteiger partial charge in [-0.05, 0) is 37.9 Å². The highest BCUT2D eigenvalue weighted by atomic mass is 19.1. The molecule has 2 atom stereocenters. The lowest BCUT2D eigenvalue weighted by Crippen LogP contribution is -2.63. The SMILES string of the molecule is COc1c(F)ccc(C(=O)N2CC[C@@H]3NCCC[C@@]3(C(=O)O)C2)c1F. The maximum Gasteiger partial charge on any atom is 0.313 e. The monoisotopic (exact) mass is 354 g/mol. The number of likely N-dealkylation sites (tertiary alicyclic amines) is 1. The highest BCUT2D eigenvalue weighted by Crippen LogP contribution is 2.38. The lowest BCUT2D eigenvalue weighted by molar-refractivity contribution is -0.156. The zero-order valence-corrected chi connectivity index (χ0v) is 13.8. The predicted octanol–water partition coefficient (Wildman–Crippen LogP) is 1.64. The first-order valence-corrected chi connectivity index (χ1v) is 8.19. The summed E-state index contributed by atoms with van der Waals surface area (Å²) in [5.74, 6) is -4.19. The number of piperidine rings is 2. The smallest absolute Gasteiger partial charge is 0.313 e. The van der Waals surface area contributed by atoms with Crippen molar-refractivity contribution in [3.8, 4) is 5.75 Å². The van der Waals surface area contributed by atoms with Crippen LogP contribution in [0.15, 0.2) is 12.1 Å². The van der Waals surface area contributed by atoms with Crippen molar-refractivity contribution in [3.63, 3.8) is 0 Å². The van der Waals surface area contributed by atoms with E-state index in [4.69, 9.17) is 0 Å². The standard InChI is InChI=1S/C17H20F2N2O4/c1-25-14-11(18)4-3-10(13(14)19)15(22)21-8-5-12-17(9-21,16(23)24)6-2-7-20-12/h3-4,12,20H,2,5-9H2,1H3,(H,23,24)/t12-,17+/m0/s1. The Kier molecular flexibility index (Phi) is 4.64. The van der Waals surface area contributed by atoms with Gasteiger partial charge in [0.1, 0.15) is 5.41 Å². The second-order valence-electron chi connectivity index (χ2n) is 6.53. The van der Waals surface area contributed by atoms with Crippen molar-refractivity contribution < 1.29 is 28.2 Å². The molecule has 0 aromatic heterocycles. The third-order valence-corrected chi connectivity index (χ3v) is 5.21. The summed E-state index contributed by atoms with van der Waals surface area (Å²) in [6.45, 7) is 1.06. The Morgan fingerprint density at radius 2 is 2.16 bits per heavy atom. The Morgan fingerprint density at radius 3 is 2.84 bits per heavy atom. The largest absolute Gasteiger partial charge is 0.491 e. The number of ether oxygens (including phenoxy) is 1. The zero-order chi connectivity index (χ0) is 18.2. The Bertz CT molecular complexity index is 712. The van der Waals surface area contributed by atoms with Crippen LogP contribution in [0.1, 0.15) is 29.6 Å².